The topological polar surface area (TPSA) is 120 Å². The fourth-order valence-corrected chi connectivity index (χ4v) is 1.10. The lowest BCUT2D eigenvalue weighted by atomic mass is 10.2. The van der Waals surface area contributed by atoms with Crippen molar-refractivity contribution >= 4 is 30.4 Å². The zero-order valence-electron chi connectivity index (χ0n) is 8.44. The molecule has 1 aliphatic heterocycles. The van der Waals surface area contributed by atoms with Crippen LogP contribution in [-0.2, 0) is 19.1 Å². The van der Waals surface area contributed by atoms with E-state index in [-0.39, 0.29) is 25.4 Å². The summed E-state index contributed by atoms with van der Waals surface area (Å²) >= 11 is 0. The van der Waals surface area contributed by atoms with Crippen LogP contribution in [-0.4, -0.2) is 30.3 Å². The van der Waals surface area contributed by atoms with Crippen LogP contribution < -0.4 is 16.6 Å². The molecule has 9 heteroatoms. The lowest BCUT2D eigenvalue weighted by Gasteiger charge is -2.23. The maximum atomic E-state index is 11.3. The Morgan fingerprint density at radius 1 is 1.62 bits per heavy atom. The summed E-state index contributed by atoms with van der Waals surface area (Å²) in [5.41, 5.74) is 0.133. The van der Waals surface area contributed by atoms with E-state index in [9.17, 15) is 14.4 Å². The summed E-state index contributed by atoms with van der Waals surface area (Å²) in [5, 5.41) is 1.95. The lowest BCUT2D eigenvalue weighted by Crippen LogP contribution is -2.57. The Morgan fingerprint density at radius 3 is 2.62 bits per heavy atom. The van der Waals surface area contributed by atoms with E-state index in [0.717, 1.165) is 0 Å². The van der Waals surface area contributed by atoms with Crippen molar-refractivity contribution in [3.05, 3.63) is 0 Å². The molecule has 16 heavy (non-hydrogen) atoms. The molecule has 0 aromatic carbocycles. The highest BCUT2D eigenvalue weighted by Gasteiger charge is 2.50. The summed E-state index contributed by atoms with van der Waals surface area (Å²) in [7, 11) is 0. The minimum absolute atomic E-state index is 0. The molecule has 0 radical (unpaired) electrons. The molecule has 92 valence electrons. The van der Waals surface area contributed by atoms with Crippen LogP contribution in [0.1, 0.15) is 13.3 Å². The van der Waals surface area contributed by atoms with Gasteiger partial charge in [0.2, 0.25) is 5.91 Å². The van der Waals surface area contributed by atoms with Gasteiger partial charge in [-0.3, -0.25) is 20.7 Å². The predicted octanol–water partition coefficient (Wildman–Crippen LogP) is -1.21. The SMILES string of the molecule is CCOC(=O)OC1(NN)CC(=O)NC1=O.Cl. The summed E-state index contributed by atoms with van der Waals surface area (Å²) in [6.45, 7) is 1.67. The molecule has 1 rings (SSSR count). The first-order valence-corrected chi connectivity index (χ1v) is 4.22. The molecule has 0 saturated carbocycles. The first-order valence-electron chi connectivity index (χ1n) is 4.22. The number of hydrogen-bond donors (Lipinski definition) is 3. The number of nitrogens with one attached hydrogen (secondary N) is 2. The number of imide groups is 1. The minimum atomic E-state index is -1.86. The highest BCUT2D eigenvalue weighted by atomic mass is 35.5. The van der Waals surface area contributed by atoms with E-state index < -0.39 is 23.7 Å². The summed E-state index contributed by atoms with van der Waals surface area (Å²) in [6.07, 6.45) is -1.44. The van der Waals surface area contributed by atoms with Gasteiger partial charge in [-0.2, -0.15) is 0 Å². The summed E-state index contributed by atoms with van der Waals surface area (Å²) in [4.78, 5) is 33.2. The maximum Gasteiger partial charge on any atom is 0.510 e. The van der Waals surface area contributed by atoms with E-state index in [2.05, 4.69) is 9.47 Å². The van der Waals surface area contributed by atoms with Crippen LogP contribution in [0, 0.1) is 0 Å². The first-order chi connectivity index (χ1) is 7.04. The van der Waals surface area contributed by atoms with Gasteiger partial charge >= 0.3 is 6.16 Å². The number of carbonyl (C=O) groups excluding carboxylic acids is 3. The van der Waals surface area contributed by atoms with Crippen LogP contribution in [0.4, 0.5) is 4.79 Å². The average molecular weight is 254 g/mol. The van der Waals surface area contributed by atoms with Gasteiger partial charge in [-0.05, 0) is 6.92 Å². The maximum absolute atomic E-state index is 11.3. The monoisotopic (exact) mass is 253 g/mol. The Balaban J connectivity index is 0.00000225. The number of rotatable bonds is 3. The van der Waals surface area contributed by atoms with Gasteiger partial charge in [0.25, 0.3) is 11.6 Å². The second-order valence-electron chi connectivity index (χ2n) is 2.81. The fourth-order valence-electron chi connectivity index (χ4n) is 1.10. The van der Waals surface area contributed by atoms with Gasteiger partial charge in [0.15, 0.2) is 0 Å². The van der Waals surface area contributed by atoms with E-state index >= 15 is 0 Å². The molecule has 1 saturated heterocycles. The van der Waals surface area contributed by atoms with E-state index in [0.29, 0.717) is 0 Å². The third-order valence-electron chi connectivity index (χ3n) is 1.78. The van der Waals surface area contributed by atoms with Crippen LogP contribution >= 0.6 is 12.4 Å². The van der Waals surface area contributed by atoms with Crippen LogP contribution in [0.3, 0.4) is 0 Å². The van der Waals surface area contributed by atoms with E-state index in [1.807, 2.05) is 10.7 Å². The fraction of sp³-hybridized carbons (Fsp3) is 0.571. The van der Waals surface area contributed by atoms with Gasteiger partial charge in [-0.15, -0.1) is 12.4 Å². The molecule has 1 heterocycles. The molecule has 2 amide bonds. The number of hydrogen-bond acceptors (Lipinski definition) is 7. The smallest absolute Gasteiger partial charge is 0.435 e. The molecule has 0 spiro atoms. The van der Waals surface area contributed by atoms with Gasteiger partial charge in [0.05, 0.1) is 13.0 Å². The van der Waals surface area contributed by atoms with Crippen molar-refractivity contribution in [2.45, 2.75) is 19.1 Å². The van der Waals surface area contributed by atoms with Crippen molar-refractivity contribution in [3.8, 4) is 0 Å². The Kier molecular flexibility index (Phi) is 5.15. The first kappa shape index (κ1) is 14.6. The molecular formula is C7H12ClN3O5. The predicted molar refractivity (Wildman–Crippen MR) is 53.2 cm³/mol. The van der Waals surface area contributed by atoms with Crippen molar-refractivity contribution in [2.75, 3.05) is 6.61 Å². The minimum Gasteiger partial charge on any atom is -0.435 e. The normalized spacial score (nSPS) is 23.4. The molecule has 1 fully saturated rings. The van der Waals surface area contributed by atoms with Crippen LogP contribution in [0.5, 0.6) is 0 Å². The van der Waals surface area contributed by atoms with Gasteiger partial charge in [-0.25, -0.2) is 10.2 Å². The van der Waals surface area contributed by atoms with Crippen LogP contribution in [0.25, 0.3) is 0 Å². The summed E-state index contributed by atoms with van der Waals surface area (Å²) in [5.74, 6) is 3.67. The van der Waals surface area contributed by atoms with Crippen molar-refractivity contribution in [1.29, 1.82) is 0 Å². The van der Waals surface area contributed by atoms with E-state index in [1.54, 1.807) is 6.92 Å². The highest BCUT2D eigenvalue weighted by Crippen LogP contribution is 2.18. The van der Waals surface area contributed by atoms with Gasteiger partial charge in [0.1, 0.15) is 0 Å². The molecule has 8 nitrogen and oxygen atoms in total. The van der Waals surface area contributed by atoms with Crippen molar-refractivity contribution in [1.82, 2.24) is 10.7 Å². The number of carbonyl (C=O) groups is 3. The molecule has 0 aliphatic carbocycles. The second kappa shape index (κ2) is 5.64. The molecular weight excluding hydrogens is 242 g/mol. The second-order valence-corrected chi connectivity index (χ2v) is 2.81. The molecule has 1 aliphatic rings. The van der Waals surface area contributed by atoms with Crippen LogP contribution in [0.15, 0.2) is 0 Å². The zero-order chi connectivity index (χ0) is 11.5. The molecule has 0 aromatic rings. The van der Waals surface area contributed by atoms with E-state index in [1.165, 1.54) is 0 Å². The number of halogens is 1. The Morgan fingerprint density at radius 2 is 2.25 bits per heavy atom. The number of nitrogens with two attached hydrogens (primary N) is 1. The number of ether oxygens (including phenoxy) is 2. The standard InChI is InChI=1S/C7H11N3O5.ClH/c1-2-14-6(13)15-7(10-8)3-4(11)9-5(7)12;/h10H,2-3,8H2,1H3,(H,9,11,12);1H. The van der Waals surface area contributed by atoms with Gasteiger partial charge in [-0.1, -0.05) is 0 Å². The third-order valence-corrected chi connectivity index (χ3v) is 1.78. The van der Waals surface area contributed by atoms with Crippen LogP contribution in [0.2, 0.25) is 0 Å². The molecule has 1 atom stereocenters. The van der Waals surface area contributed by atoms with Crippen molar-refractivity contribution in [2.24, 2.45) is 5.84 Å². The quantitative estimate of drug-likeness (QED) is 0.190. The number of hydrazine groups is 1. The third kappa shape index (κ3) is 2.81. The van der Waals surface area contributed by atoms with Crippen molar-refractivity contribution < 1.29 is 23.9 Å². The highest BCUT2D eigenvalue weighted by molar-refractivity contribution is 6.07. The average Bonchev–Trinajstić information content (AvgIpc) is 2.42. The van der Waals surface area contributed by atoms with E-state index in [4.69, 9.17) is 5.84 Å². The number of amides is 2. The molecule has 0 bridgehead atoms. The molecule has 4 N–H and O–H groups in total. The summed E-state index contributed by atoms with van der Waals surface area (Å²) < 4.78 is 9.11. The Bertz CT molecular complexity index is 310. The van der Waals surface area contributed by atoms with Gasteiger partial charge < -0.3 is 9.47 Å². The molecule has 0 aromatic heterocycles. The van der Waals surface area contributed by atoms with Crippen molar-refractivity contribution in [3.63, 3.8) is 0 Å². The Hall–Kier alpha value is -1.38. The summed E-state index contributed by atoms with van der Waals surface area (Å²) in [6, 6.07) is 0. The largest absolute Gasteiger partial charge is 0.510 e. The zero-order valence-corrected chi connectivity index (χ0v) is 9.26. The Labute approximate surface area is 97.2 Å². The molecule has 1 unspecified atom stereocenters. The van der Waals surface area contributed by atoms with Gasteiger partial charge in [0, 0.05) is 0 Å². The lowest BCUT2D eigenvalue weighted by molar-refractivity contribution is -0.141.